The van der Waals surface area contributed by atoms with Crippen molar-refractivity contribution in [3.63, 3.8) is 0 Å². The molecule has 0 spiro atoms. The van der Waals surface area contributed by atoms with Gasteiger partial charge in [0.15, 0.2) is 0 Å². The Kier molecular flexibility index (Phi) is 6.44. The molecule has 0 unspecified atom stereocenters. The standard InChI is InChI=1S/C25H30FN3O5S/c1-25(2,3)34-24(30)29-12-10-28(11-13-29)21-15-18(7-9-22(21)33-5)35(31,32)23-16-27(4)20-14-17(26)6-8-19(20)23/h6-9,14-16H,10-13H2,1-5H3. The first-order chi connectivity index (χ1) is 16.4. The Labute approximate surface area is 204 Å². The maximum atomic E-state index is 13.7. The molecule has 0 bridgehead atoms. The van der Waals surface area contributed by atoms with Gasteiger partial charge in [0.05, 0.1) is 28.1 Å². The molecule has 10 heteroatoms. The predicted molar refractivity (Wildman–Crippen MR) is 131 cm³/mol. The first-order valence-electron chi connectivity index (χ1n) is 11.3. The summed E-state index contributed by atoms with van der Waals surface area (Å²) in [4.78, 5) is 16.3. The molecule has 1 aliphatic rings. The van der Waals surface area contributed by atoms with Crippen LogP contribution in [-0.4, -0.2) is 62.9 Å². The molecule has 1 aliphatic heterocycles. The third-order valence-electron chi connectivity index (χ3n) is 5.94. The van der Waals surface area contributed by atoms with Gasteiger partial charge >= 0.3 is 6.09 Å². The Bertz CT molecular complexity index is 1370. The zero-order valence-corrected chi connectivity index (χ0v) is 21.4. The van der Waals surface area contributed by atoms with Crippen LogP contribution >= 0.6 is 0 Å². The van der Waals surface area contributed by atoms with Crippen LogP contribution in [0.15, 0.2) is 52.4 Å². The summed E-state index contributed by atoms with van der Waals surface area (Å²) in [5.41, 5.74) is 0.548. The number of anilines is 1. The number of ether oxygens (including phenoxy) is 2. The molecular formula is C25H30FN3O5S. The lowest BCUT2D eigenvalue weighted by Crippen LogP contribution is -2.50. The van der Waals surface area contributed by atoms with Gasteiger partial charge in [0, 0.05) is 44.8 Å². The number of hydrogen-bond acceptors (Lipinski definition) is 6. The molecule has 0 aliphatic carbocycles. The van der Waals surface area contributed by atoms with Gasteiger partial charge in [0.1, 0.15) is 17.2 Å². The van der Waals surface area contributed by atoms with E-state index in [0.717, 1.165) is 0 Å². The van der Waals surface area contributed by atoms with Crippen LogP contribution in [0.5, 0.6) is 5.75 Å². The van der Waals surface area contributed by atoms with Gasteiger partial charge in [-0.2, -0.15) is 0 Å². The summed E-state index contributed by atoms with van der Waals surface area (Å²) in [7, 11) is -0.682. The second-order valence-corrected chi connectivity index (χ2v) is 11.5. The van der Waals surface area contributed by atoms with Crippen LogP contribution < -0.4 is 9.64 Å². The van der Waals surface area contributed by atoms with Crippen molar-refractivity contribution in [2.45, 2.75) is 36.2 Å². The van der Waals surface area contributed by atoms with E-state index >= 15 is 0 Å². The number of aromatic nitrogens is 1. The van der Waals surface area contributed by atoms with Crippen LogP contribution in [0.2, 0.25) is 0 Å². The highest BCUT2D eigenvalue weighted by molar-refractivity contribution is 7.91. The SMILES string of the molecule is COc1ccc(S(=O)(=O)c2cn(C)c3cc(F)ccc23)cc1N1CCN(C(=O)OC(C)(C)C)CC1. The summed E-state index contributed by atoms with van der Waals surface area (Å²) >= 11 is 0. The maximum absolute atomic E-state index is 13.7. The van der Waals surface area contributed by atoms with Gasteiger partial charge in [0.25, 0.3) is 0 Å². The molecule has 2 heterocycles. The van der Waals surface area contributed by atoms with E-state index in [0.29, 0.717) is 48.5 Å². The van der Waals surface area contributed by atoms with E-state index in [1.807, 2.05) is 25.7 Å². The average molecular weight is 504 g/mol. The predicted octanol–water partition coefficient (Wildman–Crippen LogP) is 4.22. The smallest absolute Gasteiger partial charge is 0.410 e. The minimum absolute atomic E-state index is 0.111. The van der Waals surface area contributed by atoms with Crippen molar-refractivity contribution in [2.75, 3.05) is 38.2 Å². The van der Waals surface area contributed by atoms with Gasteiger partial charge < -0.3 is 23.8 Å². The number of piperazine rings is 1. The molecule has 8 nitrogen and oxygen atoms in total. The molecule has 1 saturated heterocycles. The maximum Gasteiger partial charge on any atom is 0.410 e. The number of carbonyl (C=O) groups excluding carboxylic acids is 1. The molecule has 1 amide bonds. The number of hydrogen-bond donors (Lipinski definition) is 0. The van der Waals surface area contributed by atoms with E-state index in [1.165, 1.54) is 37.6 Å². The van der Waals surface area contributed by atoms with Crippen molar-refractivity contribution < 1.29 is 27.1 Å². The summed E-state index contributed by atoms with van der Waals surface area (Å²) in [6, 6.07) is 8.80. The van der Waals surface area contributed by atoms with Gasteiger partial charge in [-0.15, -0.1) is 0 Å². The number of fused-ring (bicyclic) bond motifs is 1. The summed E-state index contributed by atoms with van der Waals surface area (Å²) < 4.78 is 53.5. The van der Waals surface area contributed by atoms with Crippen molar-refractivity contribution >= 4 is 32.5 Å². The van der Waals surface area contributed by atoms with Gasteiger partial charge in [-0.25, -0.2) is 17.6 Å². The van der Waals surface area contributed by atoms with Gasteiger partial charge in [0.2, 0.25) is 9.84 Å². The highest BCUT2D eigenvalue weighted by atomic mass is 32.2. The molecule has 0 atom stereocenters. The van der Waals surface area contributed by atoms with Gasteiger partial charge in [-0.1, -0.05) is 0 Å². The molecule has 4 rings (SSSR count). The lowest BCUT2D eigenvalue weighted by molar-refractivity contribution is 0.0240. The summed E-state index contributed by atoms with van der Waals surface area (Å²) in [5.74, 6) is 0.106. The quantitative estimate of drug-likeness (QED) is 0.531. The van der Waals surface area contributed by atoms with E-state index in [4.69, 9.17) is 9.47 Å². The molecule has 35 heavy (non-hydrogen) atoms. The average Bonchev–Trinajstić information content (AvgIpc) is 3.14. The minimum Gasteiger partial charge on any atom is -0.495 e. The van der Waals surface area contributed by atoms with E-state index in [1.54, 1.807) is 28.6 Å². The molecule has 0 radical (unpaired) electrons. The number of sulfone groups is 1. The number of amides is 1. The number of benzene rings is 2. The topological polar surface area (TPSA) is 81.1 Å². The van der Waals surface area contributed by atoms with Crippen molar-refractivity contribution in [3.8, 4) is 5.75 Å². The highest BCUT2D eigenvalue weighted by Gasteiger charge is 2.29. The second kappa shape index (κ2) is 9.07. The Morgan fingerprint density at radius 1 is 1.03 bits per heavy atom. The third-order valence-corrected chi connectivity index (χ3v) is 7.72. The Hall–Kier alpha value is -3.27. The highest BCUT2D eigenvalue weighted by Crippen LogP contribution is 2.36. The van der Waals surface area contributed by atoms with Crippen molar-refractivity contribution in [3.05, 3.63) is 48.4 Å². The van der Waals surface area contributed by atoms with Gasteiger partial charge in [-0.05, 0) is 57.2 Å². The first kappa shape index (κ1) is 24.8. The molecule has 2 aromatic carbocycles. The van der Waals surface area contributed by atoms with Crippen LogP contribution in [0.1, 0.15) is 20.8 Å². The first-order valence-corrected chi connectivity index (χ1v) is 12.8. The lowest BCUT2D eigenvalue weighted by Gasteiger charge is -2.37. The number of aryl methyl sites for hydroxylation is 1. The Balaban J connectivity index is 1.63. The van der Waals surface area contributed by atoms with E-state index in [2.05, 4.69) is 0 Å². The fourth-order valence-corrected chi connectivity index (χ4v) is 5.73. The van der Waals surface area contributed by atoms with E-state index in [9.17, 15) is 17.6 Å². The molecule has 0 N–H and O–H groups in total. The number of rotatable bonds is 4. The summed E-state index contributed by atoms with van der Waals surface area (Å²) in [6.07, 6.45) is 1.14. The zero-order chi connectivity index (χ0) is 25.5. The van der Waals surface area contributed by atoms with Crippen LogP contribution in [0.25, 0.3) is 10.9 Å². The molecule has 0 saturated carbocycles. The number of methoxy groups -OCH3 is 1. The van der Waals surface area contributed by atoms with Gasteiger partial charge in [-0.3, -0.25) is 0 Å². The molecule has 1 aromatic heterocycles. The van der Waals surface area contributed by atoms with Crippen molar-refractivity contribution in [1.82, 2.24) is 9.47 Å². The number of halogens is 1. The lowest BCUT2D eigenvalue weighted by atomic mass is 10.2. The van der Waals surface area contributed by atoms with Crippen LogP contribution in [0.3, 0.4) is 0 Å². The van der Waals surface area contributed by atoms with Crippen LogP contribution in [-0.2, 0) is 21.6 Å². The monoisotopic (exact) mass is 503 g/mol. The molecule has 188 valence electrons. The Morgan fingerprint density at radius 2 is 1.71 bits per heavy atom. The van der Waals surface area contributed by atoms with E-state index in [-0.39, 0.29) is 15.9 Å². The largest absolute Gasteiger partial charge is 0.495 e. The van der Waals surface area contributed by atoms with Crippen molar-refractivity contribution in [2.24, 2.45) is 7.05 Å². The summed E-state index contributed by atoms with van der Waals surface area (Å²) in [5, 5.41) is 0.456. The fourth-order valence-electron chi connectivity index (χ4n) is 4.20. The van der Waals surface area contributed by atoms with E-state index < -0.39 is 21.3 Å². The van der Waals surface area contributed by atoms with Crippen LogP contribution in [0, 0.1) is 5.82 Å². The minimum atomic E-state index is -3.90. The zero-order valence-electron chi connectivity index (χ0n) is 20.5. The second-order valence-electron chi connectivity index (χ2n) is 9.56. The summed E-state index contributed by atoms with van der Waals surface area (Å²) in [6.45, 7) is 7.33. The Morgan fingerprint density at radius 3 is 2.34 bits per heavy atom. The molecule has 1 fully saturated rings. The van der Waals surface area contributed by atoms with Crippen LogP contribution in [0.4, 0.5) is 14.9 Å². The molecule has 3 aromatic rings. The fraction of sp³-hybridized carbons (Fsp3) is 0.400. The normalized spacial score (nSPS) is 14.9. The number of carbonyl (C=O) groups is 1. The third kappa shape index (κ3) is 4.93. The molecular weight excluding hydrogens is 473 g/mol. The van der Waals surface area contributed by atoms with Crippen molar-refractivity contribution in [1.29, 1.82) is 0 Å². The number of nitrogens with zero attached hydrogens (tertiary/aromatic N) is 3.